The predicted molar refractivity (Wildman–Crippen MR) is 70.4 cm³/mol. The third kappa shape index (κ3) is 5.50. The molecule has 0 N–H and O–H groups in total. The van der Waals surface area contributed by atoms with E-state index in [2.05, 4.69) is 29.2 Å². The van der Waals surface area contributed by atoms with E-state index in [4.69, 9.17) is 4.74 Å². The molecule has 2 rings (SSSR count). The first-order chi connectivity index (χ1) is 8.24. The van der Waals surface area contributed by atoms with Crippen LogP contribution in [-0.2, 0) is 9.53 Å². The van der Waals surface area contributed by atoms with Gasteiger partial charge in [0.2, 0.25) is 0 Å². The normalized spacial score (nSPS) is 14.8. The minimum absolute atomic E-state index is 0.255. The van der Waals surface area contributed by atoms with Gasteiger partial charge in [-0.3, -0.25) is 0 Å². The number of benzene rings is 1. The summed E-state index contributed by atoms with van der Waals surface area (Å²) in [4.78, 5) is 12.2. The maximum Gasteiger partial charge on any atom is 0.129 e. The summed E-state index contributed by atoms with van der Waals surface area (Å²) in [6, 6.07) is 10.5. The van der Waals surface area contributed by atoms with Crippen molar-refractivity contribution >= 4 is 11.5 Å². The molecule has 1 aliphatic rings. The molecular formula is C14H21NO2. The van der Waals surface area contributed by atoms with Crippen LogP contribution in [0.1, 0.15) is 20.3 Å². The highest BCUT2D eigenvalue weighted by Gasteiger charge is 2.09. The van der Waals surface area contributed by atoms with E-state index in [9.17, 15) is 4.79 Å². The Morgan fingerprint density at radius 1 is 1.24 bits per heavy atom. The van der Waals surface area contributed by atoms with Crippen molar-refractivity contribution in [1.82, 2.24) is 0 Å². The van der Waals surface area contributed by atoms with E-state index < -0.39 is 0 Å². The topological polar surface area (TPSA) is 29.5 Å². The van der Waals surface area contributed by atoms with Crippen LogP contribution in [0.3, 0.4) is 0 Å². The molecule has 0 unspecified atom stereocenters. The van der Waals surface area contributed by atoms with E-state index >= 15 is 0 Å². The molecule has 0 amide bonds. The van der Waals surface area contributed by atoms with Gasteiger partial charge in [-0.2, -0.15) is 0 Å². The molecule has 0 atom stereocenters. The third-order valence-electron chi connectivity index (χ3n) is 2.63. The van der Waals surface area contributed by atoms with Crippen molar-refractivity contribution in [1.29, 1.82) is 0 Å². The number of anilines is 1. The van der Waals surface area contributed by atoms with Crippen molar-refractivity contribution in [2.75, 3.05) is 31.2 Å². The highest BCUT2D eigenvalue weighted by Crippen LogP contribution is 2.13. The summed E-state index contributed by atoms with van der Waals surface area (Å²) in [7, 11) is 0. The summed E-state index contributed by atoms with van der Waals surface area (Å²) in [6.45, 7) is 7.18. The summed E-state index contributed by atoms with van der Waals surface area (Å²) in [6.07, 6.45) is 0.667. The second kappa shape index (κ2) is 7.85. The number of morpholine rings is 1. The molecule has 3 nitrogen and oxygen atoms in total. The molecule has 0 bridgehead atoms. The van der Waals surface area contributed by atoms with Gasteiger partial charge in [0, 0.05) is 25.2 Å². The van der Waals surface area contributed by atoms with Crippen LogP contribution in [-0.4, -0.2) is 32.1 Å². The van der Waals surface area contributed by atoms with Crippen molar-refractivity contribution in [3.8, 4) is 0 Å². The molecule has 1 saturated heterocycles. The Bertz CT molecular complexity index is 318. The zero-order valence-corrected chi connectivity index (χ0v) is 10.7. The van der Waals surface area contributed by atoms with Crippen LogP contribution >= 0.6 is 0 Å². The highest BCUT2D eigenvalue weighted by atomic mass is 16.5. The number of nitrogens with zero attached hydrogens (tertiary/aromatic N) is 1. The minimum Gasteiger partial charge on any atom is -0.378 e. The van der Waals surface area contributed by atoms with E-state index in [1.54, 1.807) is 6.92 Å². The molecule has 0 aliphatic carbocycles. The van der Waals surface area contributed by atoms with Gasteiger partial charge in [-0.05, 0) is 19.1 Å². The van der Waals surface area contributed by atoms with Crippen LogP contribution in [0.15, 0.2) is 30.3 Å². The smallest absolute Gasteiger partial charge is 0.129 e. The molecule has 1 aromatic carbocycles. The van der Waals surface area contributed by atoms with Crippen molar-refractivity contribution < 1.29 is 9.53 Å². The predicted octanol–water partition coefficient (Wildman–Crippen LogP) is 2.51. The summed E-state index contributed by atoms with van der Waals surface area (Å²) < 4.78 is 5.28. The number of para-hydroxylation sites is 1. The van der Waals surface area contributed by atoms with Crippen molar-refractivity contribution in [2.45, 2.75) is 20.3 Å². The minimum atomic E-state index is 0.255. The zero-order valence-electron chi connectivity index (χ0n) is 10.7. The summed E-state index contributed by atoms with van der Waals surface area (Å²) >= 11 is 0. The van der Waals surface area contributed by atoms with Crippen molar-refractivity contribution in [2.24, 2.45) is 0 Å². The van der Waals surface area contributed by atoms with Crippen LogP contribution in [0.4, 0.5) is 5.69 Å². The number of carbonyl (C=O) groups is 1. The Labute approximate surface area is 103 Å². The average molecular weight is 235 g/mol. The maximum atomic E-state index is 9.81. The first-order valence-electron chi connectivity index (χ1n) is 6.11. The van der Waals surface area contributed by atoms with E-state index in [1.165, 1.54) is 5.69 Å². The molecule has 1 fully saturated rings. The van der Waals surface area contributed by atoms with Crippen molar-refractivity contribution in [3.05, 3.63) is 30.3 Å². The molecule has 17 heavy (non-hydrogen) atoms. The van der Waals surface area contributed by atoms with Gasteiger partial charge in [-0.25, -0.2) is 0 Å². The first-order valence-corrected chi connectivity index (χ1v) is 6.11. The van der Waals surface area contributed by atoms with Crippen LogP contribution in [0.25, 0.3) is 0 Å². The van der Waals surface area contributed by atoms with Gasteiger partial charge in [0.1, 0.15) is 5.78 Å². The standard InChI is InChI=1S/C10H13NO.C4H8O/c1-2-4-10(5-3-1)11-6-8-12-9-7-11;1-3-4(2)5/h1-5H,6-9H2;3H2,1-2H3. The maximum absolute atomic E-state index is 9.81. The van der Waals surface area contributed by atoms with E-state index in [0.29, 0.717) is 6.42 Å². The molecule has 1 heterocycles. The quantitative estimate of drug-likeness (QED) is 0.789. The molecule has 0 saturated carbocycles. The van der Waals surface area contributed by atoms with Gasteiger partial charge in [0.05, 0.1) is 13.2 Å². The summed E-state index contributed by atoms with van der Waals surface area (Å²) in [5, 5.41) is 0. The molecule has 1 aromatic rings. The number of rotatable bonds is 2. The van der Waals surface area contributed by atoms with Crippen LogP contribution in [0.2, 0.25) is 0 Å². The molecule has 0 radical (unpaired) electrons. The lowest BCUT2D eigenvalue weighted by molar-refractivity contribution is -0.116. The zero-order chi connectivity index (χ0) is 12.5. The lowest BCUT2D eigenvalue weighted by atomic mass is 10.3. The van der Waals surface area contributed by atoms with Gasteiger partial charge in [0.25, 0.3) is 0 Å². The number of ether oxygens (including phenoxy) is 1. The van der Waals surface area contributed by atoms with E-state index in [0.717, 1.165) is 26.3 Å². The Kier molecular flexibility index (Phi) is 6.33. The highest BCUT2D eigenvalue weighted by molar-refractivity contribution is 5.74. The molecule has 94 valence electrons. The molecule has 1 aliphatic heterocycles. The fraction of sp³-hybridized carbons (Fsp3) is 0.500. The fourth-order valence-electron chi connectivity index (χ4n) is 1.46. The van der Waals surface area contributed by atoms with Gasteiger partial charge in [-0.1, -0.05) is 25.1 Å². The van der Waals surface area contributed by atoms with Gasteiger partial charge >= 0.3 is 0 Å². The monoisotopic (exact) mass is 235 g/mol. The van der Waals surface area contributed by atoms with Crippen LogP contribution in [0.5, 0.6) is 0 Å². The van der Waals surface area contributed by atoms with Crippen molar-refractivity contribution in [3.63, 3.8) is 0 Å². The van der Waals surface area contributed by atoms with Gasteiger partial charge in [-0.15, -0.1) is 0 Å². The van der Waals surface area contributed by atoms with Gasteiger partial charge < -0.3 is 14.4 Å². The molecule has 3 heteroatoms. The van der Waals surface area contributed by atoms with Crippen LogP contribution in [0, 0.1) is 0 Å². The Morgan fingerprint density at radius 2 is 1.76 bits per heavy atom. The molecule has 0 spiro atoms. The first kappa shape index (κ1) is 13.7. The third-order valence-corrected chi connectivity index (χ3v) is 2.63. The Morgan fingerprint density at radius 3 is 2.24 bits per heavy atom. The SMILES string of the molecule is CCC(C)=O.c1ccc(N2CCOCC2)cc1. The Hall–Kier alpha value is -1.35. The number of hydrogen-bond donors (Lipinski definition) is 0. The summed E-state index contributed by atoms with van der Waals surface area (Å²) in [5.74, 6) is 0.255. The number of hydrogen-bond acceptors (Lipinski definition) is 3. The van der Waals surface area contributed by atoms with E-state index in [1.807, 2.05) is 13.0 Å². The lowest BCUT2D eigenvalue weighted by Gasteiger charge is -2.28. The number of Topliss-reactive ketones (excluding diaryl/α,β-unsaturated/α-hetero) is 1. The Balaban J connectivity index is 0.000000249. The number of carbonyl (C=O) groups excluding carboxylic acids is 1. The second-order valence-electron chi connectivity index (χ2n) is 3.99. The summed E-state index contributed by atoms with van der Waals surface area (Å²) in [5.41, 5.74) is 1.31. The average Bonchev–Trinajstić information content (AvgIpc) is 2.41. The molecular weight excluding hydrogens is 214 g/mol. The fourth-order valence-corrected chi connectivity index (χ4v) is 1.46. The lowest BCUT2D eigenvalue weighted by Crippen LogP contribution is -2.36. The molecule has 0 aromatic heterocycles. The largest absolute Gasteiger partial charge is 0.378 e. The van der Waals surface area contributed by atoms with Gasteiger partial charge in [0.15, 0.2) is 0 Å². The van der Waals surface area contributed by atoms with Crippen LogP contribution < -0.4 is 4.90 Å². The number of ketones is 1. The second-order valence-corrected chi connectivity index (χ2v) is 3.99. The van der Waals surface area contributed by atoms with E-state index in [-0.39, 0.29) is 5.78 Å².